The van der Waals surface area contributed by atoms with Gasteiger partial charge in [0.25, 0.3) is 0 Å². The Morgan fingerprint density at radius 3 is 1.00 bits per heavy atom. The van der Waals surface area contributed by atoms with Crippen LogP contribution in [0.2, 0.25) is 0 Å². The van der Waals surface area contributed by atoms with E-state index in [-0.39, 0.29) is 60.1 Å². The molecule has 0 aromatic carbocycles. The van der Waals surface area contributed by atoms with Crippen molar-refractivity contribution in [3.8, 4) is 0 Å². The molecule has 0 unspecified atom stereocenters. The summed E-state index contributed by atoms with van der Waals surface area (Å²) >= 11 is 8.77. The first kappa shape index (κ1) is 22.5. The van der Waals surface area contributed by atoms with Crippen molar-refractivity contribution in [2.45, 2.75) is 0 Å². The van der Waals surface area contributed by atoms with Gasteiger partial charge in [0.05, 0.1) is 0 Å². The molecule has 3 radical (unpaired) electrons. The minimum absolute atomic E-state index is 0. The van der Waals surface area contributed by atoms with Gasteiger partial charge in [-0.2, -0.15) is 0 Å². The average molecular weight is 619 g/mol. The molecule has 0 amide bonds. The summed E-state index contributed by atoms with van der Waals surface area (Å²) in [6, 6.07) is 0. The van der Waals surface area contributed by atoms with E-state index in [4.69, 9.17) is 0 Å². The van der Waals surface area contributed by atoms with Crippen molar-refractivity contribution in [3.63, 3.8) is 0 Å². The molecule has 0 N–H and O–H groups in total. The van der Waals surface area contributed by atoms with Crippen LogP contribution in [0, 0.1) is 0 Å². The van der Waals surface area contributed by atoms with Crippen LogP contribution in [0.25, 0.3) is 0 Å². The van der Waals surface area contributed by atoms with Crippen LogP contribution in [0.4, 0.5) is 0 Å². The molecular weight excluding hydrogens is 619 g/mol. The second kappa shape index (κ2) is 16.7. The molecule has 0 aromatic heterocycles. The zero-order valence-corrected chi connectivity index (χ0v) is 16.0. The van der Waals surface area contributed by atoms with E-state index in [0.29, 0.717) is 0 Å². The summed E-state index contributed by atoms with van der Waals surface area (Å²) in [5.74, 6) is 0. The van der Waals surface area contributed by atoms with E-state index in [0.717, 1.165) is 0 Å². The number of hydrogen-bond acceptors (Lipinski definition) is 0. The quantitative estimate of drug-likeness (QED) is 0.363. The van der Waals surface area contributed by atoms with Gasteiger partial charge in [0.15, 0.2) is 0 Å². The smallest absolute Gasteiger partial charge is 0 e. The molecular formula is AlBiBr3MoTi. The summed E-state index contributed by atoms with van der Waals surface area (Å²) in [7, 11) is 0. The molecule has 0 aromatic rings. The summed E-state index contributed by atoms with van der Waals surface area (Å²) in [5, 5.41) is 0. The fourth-order valence-electron chi connectivity index (χ4n) is 0. The minimum Gasteiger partial charge on any atom is 0 e. The SMILES string of the molecule is [Al].[Br][Bi]([Br])[Br].[Mo].[Ti]. The fraction of sp³-hybridized carbons (Fsp3) is 0. The van der Waals surface area contributed by atoms with Gasteiger partial charge in [0, 0.05) is 60.1 Å². The maximum absolute atomic E-state index is 3.31. The average Bonchev–Trinajstić information content (AvgIpc) is 0.811. The molecule has 7 heteroatoms. The predicted molar refractivity (Wildman–Crippen MR) is 38.3 cm³/mol. The first-order chi connectivity index (χ1) is 1.73. The molecule has 7 heavy (non-hydrogen) atoms. The van der Waals surface area contributed by atoms with E-state index in [1.54, 1.807) is 0 Å². The Morgan fingerprint density at radius 2 is 1.00 bits per heavy atom. The molecule has 0 heterocycles. The molecule has 0 fully saturated rings. The number of halogens is 3. The zero-order chi connectivity index (χ0) is 3.58. The van der Waals surface area contributed by atoms with E-state index in [2.05, 4.69) is 36.7 Å². The van der Waals surface area contributed by atoms with Crippen LogP contribution >= 0.6 is 36.7 Å². The molecule has 0 aliphatic rings. The first-order valence-electron chi connectivity index (χ1n) is 0.507. The third kappa shape index (κ3) is 38.6. The van der Waals surface area contributed by atoms with Crippen molar-refractivity contribution in [1.29, 1.82) is 0 Å². The van der Waals surface area contributed by atoms with Crippen molar-refractivity contribution < 1.29 is 42.8 Å². The number of rotatable bonds is 0. The van der Waals surface area contributed by atoms with Crippen molar-refractivity contribution in [1.82, 2.24) is 0 Å². The predicted octanol–water partition coefficient (Wildman–Crippen LogP) is 1.77. The Balaban J connectivity index is -0.0000000150. The van der Waals surface area contributed by atoms with Crippen LogP contribution in [0.3, 0.4) is 0 Å². The Labute approximate surface area is 109 Å². The summed E-state index contributed by atoms with van der Waals surface area (Å²) in [5.41, 5.74) is 0. The summed E-state index contributed by atoms with van der Waals surface area (Å²) < 4.78 is 0. The van der Waals surface area contributed by atoms with E-state index < -0.39 is 14.7 Å². The third-order valence-corrected chi connectivity index (χ3v) is 0. The topological polar surface area (TPSA) is 0 Å². The van der Waals surface area contributed by atoms with Gasteiger partial charge in [-0.25, -0.2) is 0 Å². The van der Waals surface area contributed by atoms with Crippen molar-refractivity contribution in [2.24, 2.45) is 0 Å². The van der Waals surface area contributed by atoms with Crippen LogP contribution in [0.15, 0.2) is 0 Å². The van der Waals surface area contributed by atoms with E-state index in [1.165, 1.54) is 0 Å². The standard InChI is InChI=1S/Al.Bi.3BrH.Mo.Ti/h;;3*1H;;/q;+3;;;;;/p-3. The maximum atomic E-state index is 3.31. The molecule has 0 saturated heterocycles. The Morgan fingerprint density at radius 1 is 1.00 bits per heavy atom. The molecule has 0 nitrogen and oxygen atoms in total. The van der Waals surface area contributed by atoms with E-state index >= 15 is 0 Å². The van der Waals surface area contributed by atoms with Gasteiger partial charge < -0.3 is 0 Å². The van der Waals surface area contributed by atoms with Crippen molar-refractivity contribution in [2.75, 3.05) is 0 Å². The minimum atomic E-state index is -1.16. The van der Waals surface area contributed by atoms with Crippen LogP contribution in [-0.2, 0) is 42.8 Å². The molecule has 0 spiro atoms. The van der Waals surface area contributed by atoms with Crippen LogP contribution in [0.5, 0.6) is 0 Å². The first-order valence-corrected chi connectivity index (χ1v) is 23.1. The monoisotopic (exact) mass is 619 g/mol. The zero-order valence-electron chi connectivity index (χ0n) is 3.07. The summed E-state index contributed by atoms with van der Waals surface area (Å²) in [4.78, 5) is 0. The van der Waals surface area contributed by atoms with Crippen LogP contribution in [0.1, 0.15) is 0 Å². The Hall–Kier alpha value is 4.26. The fourth-order valence-corrected chi connectivity index (χ4v) is 0. The van der Waals surface area contributed by atoms with Gasteiger partial charge in [0.2, 0.25) is 0 Å². The molecule has 0 aliphatic heterocycles. The number of hydrogen-bond donors (Lipinski definition) is 0. The molecule has 0 saturated carbocycles. The van der Waals surface area contributed by atoms with E-state index in [9.17, 15) is 0 Å². The molecule has 0 bridgehead atoms. The van der Waals surface area contributed by atoms with Gasteiger partial charge in [-0.3, -0.25) is 0 Å². The summed E-state index contributed by atoms with van der Waals surface area (Å²) in [6.45, 7) is 0. The Kier molecular flexibility index (Phi) is 53.6. The summed E-state index contributed by atoms with van der Waals surface area (Å²) in [6.07, 6.45) is 0. The molecule has 0 rings (SSSR count). The van der Waals surface area contributed by atoms with Crippen molar-refractivity contribution >= 4 is 68.7 Å². The second-order valence-electron chi connectivity index (χ2n) is 0.192. The third-order valence-electron chi connectivity index (χ3n) is 0. The van der Waals surface area contributed by atoms with Gasteiger partial charge >= 0.3 is 51.4 Å². The van der Waals surface area contributed by atoms with Crippen LogP contribution < -0.4 is 0 Å². The maximum Gasteiger partial charge on any atom is 0 e. The van der Waals surface area contributed by atoms with Gasteiger partial charge in [-0.05, 0) is 0 Å². The molecule has 0 atom stereocenters. The molecule has 39 valence electrons. The molecule has 0 aliphatic carbocycles. The Bertz CT molecular complexity index is 19.7. The largest absolute Gasteiger partial charge is 0 e. The van der Waals surface area contributed by atoms with E-state index in [1.807, 2.05) is 0 Å². The van der Waals surface area contributed by atoms with Gasteiger partial charge in [0.1, 0.15) is 0 Å². The second-order valence-corrected chi connectivity index (χ2v) is 45.4. The van der Waals surface area contributed by atoms with Crippen molar-refractivity contribution in [3.05, 3.63) is 0 Å². The van der Waals surface area contributed by atoms with Gasteiger partial charge in [-0.15, -0.1) is 0 Å². The normalized spacial score (nSPS) is 5.14. The van der Waals surface area contributed by atoms with Crippen LogP contribution in [-0.4, -0.2) is 32.1 Å². The van der Waals surface area contributed by atoms with Gasteiger partial charge in [-0.1, -0.05) is 0 Å².